The number of aliphatic hydroxyl groups is 1. The first-order valence-electron chi connectivity index (χ1n) is 5.76. The Balaban J connectivity index is 2.57. The fraction of sp³-hybridized carbons (Fsp3) is 0.636. The maximum absolute atomic E-state index is 11.9. The predicted molar refractivity (Wildman–Crippen MR) is 67.6 cm³/mol. The second-order valence-corrected chi connectivity index (χ2v) is 5.80. The van der Waals surface area contributed by atoms with Crippen molar-refractivity contribution in [2.45, 2.75) is 24.3 Å². The largest absolute Gasteiger partial charge is 0.390 e. The SMILES string of the molecule is COCCCCNS(=O)(=O)c1cc(CO)n(C)c1. The molecule has 1 aromatic heterocycles. The lowest BCUT2D eigenvalue weighted by Crippen LogP contribution is -2.24. The fourth-order valence-corrected chi connectivity index (χ4v) is 2.71. The number of sulfonamides is 1. The Kier molecular flexibility index (Phi) is 5.80. The Morgan fingerprint density at radius 3 is 2.72 bits per heavy atom. The number of aromatic nitrogens is 1. The molecular formula is C11H20N2O4S. The Bertz CT molecular complexity index is 467. The number of nitrogens with zero attached hydrogens (tertiary/aromatic N) is 1. The van der Waals surface area contributed by atoms with Gasteiger partial charge in [-0.25, -0.2) is 13.1 Å². The van der Waals surface area contributed by atoms with Crippen LogP contribution in [0.25, 0.3) is 0 Å². The first-order valence-corrected chi connectivity index (χ1v) is 7.24. The van der Waals surface area contributed by atoms with Crippen molar-refractivity contribution < 1.29 is 18.3 Å². The summed E-state index contributed by atoms with van der Waals surface area (Å²) in [6.07, 6.45) is 3.03. The highest BCUT2D eigenvalue weighted by Crippen LogP contribution is 2.13. The average Bonchev–Trinajstić information content (AvgIpc) is 2.71. The lowest BCUT2D eigenvalue weighted by atomic mass is 10.3. The van der Waals surface area contributed by atoms with Gasteiger partial charge in [0, 0.05) is 39.2 Å². The van der Waals surface area contributed by atoms with E-state index in [1.165, 1.54) is 12.3 Å². The van der Waals surface area contributed by atoms with Gasteiger partial charge in [0.05, 0.1) is 11.5 Å². The summed E-state index contributed by atoms with van der Waals surface area (Å²) in [5, 5.41) is 9.02. The van der Waals surface area contributed by atoms with Crippen LogP contribution in [0.2, 0.25) is 0 Å². The van der Waals surface area contributed by atoms with Gasteiger partial charge in [-0.3, -0.25) is 0 Å². The zero-order valence-electron chi connectivity index (χ0n) is 10.7. The second kappa shape index (κ2) is 6.89. The summed E-state index contributed by atoms with van der Waals surface area (Å²) in [6.45, 7) is 0.830. The lowest BCUT2D eigenvalue weighted by Gasteiger charge is -2.04. The van der Waals surface area contributed by atoms with Crippen LogP contribution < -0.4 is 4.72 Å². The van der Waals surface area contributed by atoms with Crippen molar-refractivity contribution in [2.75, 3.05) is 20.3 Å². The molecule has 0 aromatic carbocycles. The Hall–Kier alpha value is -0.890. The van der Waals surface area contributed by atoms with Gasteiger partial charge in [-0.2, -0.15) is 0 Å². The molecule has 0 saturated heterocycles. The highest BCUT2D eigenvalue weighted by molar-refractivity contribution is 7.89. The summed E-state index contributed by atoms with van der Waals surface area (Å²) >= 11 is 0. The Labute approximate surface area is 108 Å². The van der Waals surface area contributed by atoms with E-state index in [0.29, 0.717) is 18.8 Å². The van der Waals surface area contributed by atoms with Gasteiger partial charge in [-0.15, -0.1) is 0 Å². The minimum atomic E-state index is -3.48. The monoisotopic (exact) mass is 276 g/mol. The molecule has 18 heavy (non-hydrogen) atoms. The minimum absolute atomic E-state index is 0.181. The van der Waals surface area contributed by atoms with Crippen LogP contribution in [0.15, 0.2) is 17.2 Å². The molecule has 0 aliphatic heterocycles. The van der Waals surface area contributed by atoms with E-state index in [-0.39, 0.29) is 11.5 Å². The molecule has 6 nitrogen and oxygen atoms in total. The van der Waals surface area contributed by atoms with Crippen LogP contribution in [0.3, 0.4) is 0 Å². The van der Waals surface area contributed by atoms with Crippen molar-refractivity contribution in [3.8, 4) is 0 Å². The molecule has 104 valence electrons. The number of ether oxygens (including phenoxy) is 1. The number of methoxy groups -OCH3 is 1. The number of hydrogen-bond acceptors (Lipinski definition) is 4. The number of nitrogens with one attached hydrogen (secondary N) is 1. The van der Waals surface area contributed by atoms with Gasteiger partial charge in [0.15, 0.2) is 0 Å². The number of unbranched alkanes of at least 4 members (excludes halogenated alkanes) is 1. The zero-order chi connectivity index (χ0) is 13.6. The van der Waals surface area contributed by atoms with Crippen LogP contribution in [-0.2, 0) is 28.4 Å². The maximum Gasteiger partial charge on any atom is 0.242 e. The van der Waals surface area contributed by atoms with Crippen LogP contribution in [0.1, 0.15) is 18.5 Å². The molecule has 1 aromatic rings. The van der Waals surface area contributed by atoms with E-state index in [2.05, 4.69) is 4.72 Å². The highest BCUT2D eigenvalue weighted by atomic mass is 32.2. The third-order valence-corrected chi connectivity index (χ3v) is 4.05. The van der Waals surface area contributed by atoms with E-state index in [4.69, 9.17) is 9.84 Å². The topological polar surface area (TPSA) is 80.6 Å². The number of aliphatic hydroxyl groups excluding tert-OH is 1. The van der Waals surface area contributed by atoms with Crippen molar-refractivity contribution in [3.05, 3.63) is 18.0 Å². The third kappa shape index (κ3) is 4.09. The molecule has 0 saturated carbocycles. The van der Waals surface area contributed by atoms with E-state index in [1.54, 1.807) is 18.7 Å². The van der Waals surface area contributed by atoms with E-state index >= 15 is 0 Å². The van der Waals surface area contributed by atoms with Gasteiger partial charge in [0.1, 0.15) is 0 Å². The molecule has 0 bridgehead atoms. The standard InChI is InChI=1S/C11H20N2O4S/c1-13-8-11(7-10(13)9-14)18(15,16)12-5-3-4-6-17-2/h7-8,12,14H,3-6,9H2,1-2H3. The van der Waals surface area contributed by atoms with Crippen LogP contribution >= 0.6 is 0 Å². The molecule has 0 radical (unpaired) electrons. The molecule has 0 unspecified atom stereocenters. The number of aryl methyl sites for hydroxylation is 1. The van der Waals surface area contributed by atoms with E-state index < -0.39 is 10.0 Å². The molecule has 0 spiro atoms. The van der Waals surface area contributed by atoms with Gasteiger partial charge in [-0.05, 0) is 18.9 Å². The Morgan fingerprint density at radius 2 is 2.17 bits per heavy atom. The van der Waals surface area contributed by atoms with Crippen LogP contribution in [-0.4, -0.2) is 38.4 Å². The summed E-state index contributed by atoms with van der Waals surface area (Å²) in [6, 6.07) is 1.47. The number of rotatable bonds is 8. The van der Waals surface area contributed by atoms with Crippen LogP contribution in [0.5, 0.6) is 0 Å². The van der Waals surface area contributed by atoms with Crippen molar-refractivity contribution in [1.82, 2.24) is 9.29 Å². The van der Waals surface area contributed by atoms with Gasteiger partial charge in [0.25, 0.3) is 0 Å². The molecular weight excluding hydrogens is 256 g/mol. The van der Waals surface area contributed by atoms with Gasteiger partial charge >= 0.3 is 0 Å². The van der Waals surface area contributed by atoms with Crippen LogP contribution in [0.4, 0.5) is 0 Å². The third-order valence-electron chi connectivity index (χ3n) is 2.62. The summed E-state index contributed by atoms with van der Waals surface area (Å²) in [7, 11) is -0.169. The maximum atomic E-state index is 11.9. The van der Waals surface area contributed by atoms with Crippen molar-refractivity contribution in [2.24, 2.45) is 7.05 Å². The van der Waals surface area contributed by atoms with E-state index in [1.807, 2.05) is 0 Å². The van der Waals surface area contributed by atoms with Crippen molar-refractivity contribution >= 4 is 10.0 Å². The minimum Gasteiger partial charge on any atom is -0.390 e. The van der Waals surface area contributed by atoms with Gasteiger partial charge < -0.3 is 14.4 Å². The van der Waals surface area contributed by atoms with E-state index in [9.17, 15) is 8.42 Å². The molecule has 0 aliphatic carbocycles. The van der Waals surface area contributed by atoms with Gasteiger partial charge in [0.2, 0.25) is 10.0 Å². The predicted octanol–water partition coefficient (Wildman–Crippen LogP) is 0.222. The summed E-state index contributed by atoms with van der Waals surface area (Å²) in [4.78, 5) is 0.181. The molecule has 0 amide bonds. The molecule has 1 heterocycles. The fourth-order valence-electron chi connectivity index (χ4n) is 1.54. The smallest absolute Gasteiger partial charge is 0.242 e. The summed E-state index contributed by atoms with van der Waals surface area (Å²) < 4.78 is 32.8. The summed E-state index contributed by atoms with van der Waals surface area (Å²) in [5.74, 6) is 0. The quantitative estimate of drug-likeness (QED) is 0.666. The van der Waals surface area contributed by atoms with Crippen molar-refractivity contribution in [3.63, 3.8) is 0 Å². The lowest BCUT2D eigenvalue weighted by molar-refractivity contribution is 0.193. The van der Waals surface area contributed by atoms with Crippen LogP contribution in [0, 0.1) is 0 Å². The molecule has 7 heteroatoms. The molecule has 0 aliphatic rings. The Morgan fingerprint density at radius 1 is 1.44 bits per heavy atom. The average molecular weight is 276 g/mol. The van der Waals surface area contributed by atoms with Crippen molar-refractivity contribution in [1.29, 1.82) is 0 Å². The second-order valence-electron chi connectivity index (χ2n) is 4.03. The molecule has 2 N–H and O–H groups in total. The molecule has 0 fully saturated rings. The van der Waals surface area contributed by atoms with E-state index in [0.717, 1.165) is 12.8 Å². The molecule has 1 rings (SSSR count). The first-order chi connectivity index (χ1) is 8.51. The molecule has 0 atom stereocenters. The number of hydrogen-bond donors (Lipinski definition) is 2. The summed E-state index contributed by atoms with van der Waals surface area (Å²) in [5.41, 5.74) is 0.565. The zero-order valence-corrected chi connectivity index (χ0v) is 11.5. The first kappa shape index (κ1) is 15.2. The normalized spacial score (nSPS) is 11.9. The van der Waals surface area contributed by atoms with Gasteiger partial charge in [-0.1, -0.05) is 0 Å². The highest BCUT2D eigenvalue weighted by Gasteiger charge is 2.16.